The van der Waals surface area contributed by atoms with Gasteiger partial charge in [-0.3, -0.25) is 4.79 Å². The molecule has 7 heteroatoms. The number of carbonyl (C=O) groups is 1. The maximum atomic E-state index is 11.0. The lowest BCUT2D eigenvalue weighted by Gasteiger charge is -2.43. The van der Waals surface area contributed by atoms with E-state index in [0.29, 0.717) is 30.3 Å². The Morgan fingerprint density at radius 2 is 1.81 bits per heavy atom. The van der Waals surface area contributed by atoms with Crippen LogP contribution in [-0.4, -0.2) is 51.0 Å². The molecule has 1 aliphatic rings. The molecule has 21 heavy (non-hydrogen) atoms. The van der Waals surface area contributed by atoms with E-state index in [4.69, 9.17) is 19.3 Å². The molecule has 1 aromatic rings. The largest absolute Gasteiger partial charge is 0.493 e. The van der Waals surface area contributed by atoms with E-state index in [2.05, 4.69) is 10.6 Å². The Morgan fingerprint density at radius 1 is 1.24 bits per heavy atom. The summed E-state index contributed by atoms with van der Waals surface area (Å²) in [7, 11) is 4.62. The van der Waals surface area contributed by atoms with Crippen molar-refractivity contribution in [2.45, 2.75) is 12.0 Å². The smallest absolute Gasteiger partial charge is 0.305 e. The average Bonchev–Trinajstić information content (AvgIpc) is 2.43. The van der Waals surface area contributed by atoms with Crippen LogP contribution in [0.15, 0.2) is 12.1 Å². The van der Waals surface area contributed by atoms with Crippen LogP contribution in [-0.2, 0) is 4.79 Å². The summed E-state index contributed by atoms with van der Waals surface area (Å²) in [5.74, 6) is 0.718. The minimum absolute atomic E-state index is 0.0384. The standard InChI is InChI=1S/C14H20N2O5/c1-19-10-4-9(5-11(20-2)13(10)21-3)16-14(6-12(17)18)7-15-8-14/h4-5,15-16H,6-8H2,1-3H3,(H,17,18). The number of hydrogen-bond acceptors (Lipinski definition) is 6. The molecule has 0 amide bonds. The summed E-state index contributed by atoms with van der Waals surface area (Å²) < 4.78 is 15.8. The van der Waals surface area contributed by atoms with E-state index in [1.807, 2.05) is 0 Å². The minimum atomic E-state index is -0.837. The second-order valence-electron chi connectivity index (χ2n) is 4.99. The van der Waals surface area contributed by atoms with Crippen molar-refractivity contribution in [3.8, 4) is 17.2 Å². The first-order valence-electron chi connectivity index (χ1n) is 6.54. The number of methoxy groups -OCH3 is 3. The van der Waals surface area contributed by atoms with Gasteiger partial charge in [0.1, 0.15) is 0 Å². The van der Waals surface area contributed by atoms with Crippen LogP contribution in [0, 0.1) is 0 Å². The van der Waals surface area contributed by atoms with Crippen molar-refractivity contribution in [1.82, 2.24) is 5.32 Å². The summed E-state index contributed by atoms with van der Waals surface area (Å²) in [6.45, 7) is 1.19. The molecule has 0 aliphatic carbocycles. The number of anilines is 1. The van der Waals surface area contributed by atoms with Gasteiger partial charge in [0, 0.05) is 30.9 Å². The molecule has 0 saturated carbocycles. The van der Waals surface area contributed by atoms with Crippen LogP contribution in [0.2, 0.25) is 0 Å². The maximum absolute atomic E-state index is 11.0. The summed E-state index contributed by atoms with van der Waals surface area (Å²) in [5, 5.41) is 15.4. The first-order chi connectivity index (χ1) is 10.0. The predicted octanol–water partition coefficient (Wildman–Crippen LogP) is 0.941. The Hall–Kier alpha value is -2.15. The molecule has 1 fully saturated rings. The minimum Gasteiger partial charge on any atom is -0.493 e. The normalized spacial score (nSPS) is 15.8. The highest BCUT2D eigenvalue weighted by atomic mass is 16.5. The van der Waals surface area contributed by atoms with E-state index in [1.165, 1.54) is 7.11 Å². The van der Waals surface area contributed by atoms with Crippen molar-refractivity contribution in [1.29, 1.82) is 0 Å². The second-order valence-corrected chi connectivity index (χ2v) is 4.99. The predicted molar refractivity (Wildman–Crippen MR) is 77.6 cm³/mol. The van der Waals surface area contributed by atoms with Gasteiger partial charge in [-0.15, -0.1) is 0 Å². The van der Waals surface area contributed by atoms with Gasteiger partial charge in [0.2, 0.25) is 5.75 Å². The summed E-state index contributed by atoms with van der Waals surface area (Å²) in [6.07, 6.45) is 0.0384. The van der Waals surface area contributed by atoms with Crippen molar-refractivity contribution >= 4 is 11.7 Å². The zero-order valence-electron chi connectivity index (χ0n) is 12.4. The van der Waals surface area contributed by atoms with Crippen LogP contribution in [0.4, 0.5) is 5.69 Å². The van der Waals surface area contributed by atoms with Crippen molar-refractivity contribution in [2.24, 2.45) is 0 Å². The molecule has 0 unspecified atom stereocenters. The molecule has 0 spiro atoms. The molecular formula is C14H20N2O5. The SMILES string of the molecule is COc1cc(NC2(CC(=O)O)CNC2)cc(OC)c1OC. The van der Waals surface area contributed by atoms with Crippen molar-refractivity contribution in [2.75, 3.05) is 39.7 Å². The third-order valence-electron chi connectivity index (χ3n) is 3.49. The molecule has 0 atom stereocenters. The molecule has 1 aliphatic heterocycles. The van der Waals surface area contributed by atoms with Gasteiger partial charge in [-0.25, -0.2) is 0 Å². The highest BCUT2D eigenvalue weighted by Crippen LogP contribution is 2.41. The quantitative estimate of drug-likeness (QED) is 0.690. The summed E-state index contributed by atoms with van der Waals surface area (Å²) in [5.41, 5.74) is 0.239. The van der Waals surface area contributed by atoms with Crippen molar-refractivity contribution in [3.63, 3.8) is 0 Å². The Balaban J connectivity index is 2.29. The Bertz CT molecular complexity index is 503. The van der Waals surface area contributed by atoms with Gasteiger partial charge in [0.15, 0.2) is 11.5 Å². The first kappa shape index (κ1) is 15.2. The van der Waals surface area contributed by atoms with Gasteiger partial charge in [-0.1, -0.05) is 0 Å². The fourth-order valence-corrected chi connectivity index (χ4v) is 2.43. The molecule has 116 valence electrons. The lowest BCUT2D eigenvalue weighted by Crippen LogP contribution is -2.65. The van der Waals surface area contributed by atoms with E-state index >= 15 is 0 Å². The lowest BCUT2D eigenvalue weighted by molar-refractivity contribution is -0.138. The number of carboxylic acid groups (broad SMARTS) is 1. The molecule has 7 nitrogen and oxygen atoms in total. The topological polar surface area (TPSA) is 89.1 Å². The Kier molecular flexibility index (Phi) is 4.42. The number of nitrogens with one attached hydrogen (secondary N) is 2. The number of ether oxygens (including phenoxy) is 3. The second kappa shape index (κ2) is 6.09. The summed E-state index contributed by atoms with van der Waals surface area (Å²) in [4.78, 5) is 11.0. The first-order valence-corrected chi connectivity index (χ1v) is 6.54. The number of carboxylic acids is 1. The van der Waals surface area contributed by atoms with E-state index < -0.39 is 11.5 Å². The van der Waals surface area contributed by atoms with E-state index in [1.54, 1.807) is 26.4 Å². The number of benzene rings is 1. The number of aliphatic carboxylic acids is 1. The van der Waals surface area contributed by atoms with Crippen LogP contribution in [0.5, 0.6) is 17.2 Å². The highest BCUT2D eigenvalue weighted by molar-refractivity contribution is 5.71. The van der Waals surface area contributed by atoms with Gasteiger partial charge < -0.3 is 30.0 Å². The molecule has 0 bridgehead atoms. The monoisotopic (exact) mass is 296 g/mol. The molecule has 2 rings (SSSR count). The summed E-state index contributed by atoms with van der Waals surface area (Å²) >= 11 is 0. The average molecular weight is 296 g/mol. The Labute approximate surface area is 123 Å². The van der Waals surface area contributed by atoms with Crippen LogP contribution in [0.25, 0.3) is 0 Å². The molecule has 1 heterocycles. The van der Waals surface area contributed by atoms with Crippen molar-refractivity contribution < 1.29 is 24.1 Å². The highest BCUT2D eigenvalue weighted by Gasteiger charge is 2.39. The van der Waals surface area contributed by atoms with Gasteiger partial charge in [0.05, 0.1) is 33.3 Å². The fraction of sp³-hybridized carbons (Fsp3) is 0.500. The molecule has 1 saturated heterocycles. The summed E-state index contributed by atoms with van der Waals surface area (Å²) in [6, 6.07) is 3.53. The third kappa shape index (κ3) is 3.13. The lowest BCUT2D eigenvalue weighted by atomic mass is 9.88. The third-order valence-corrected chi connectivity index (χ3v) is 3.49. The maximum Gasteiger partial charge on any atom is 0.305 e. The number of rotatable bonds is 7. The van der Waals surface area contributed by atoms with Gasteiger partial charge in [-0.05, 0) is 0 Å². The van der Waals surface area contributed by atoms with E-state index in [9.17, 15) is 4.79 Å². The zero-order valence-corrected chi connectivity index (χ0v) is 12.4. The van der Waals surface area contributed by atoms with Crippen LogP contribution < -0.4 is 24.8 Å². The number of hydrogen-bond donors (Lipinski definition) is 3. The zero-order chi connectivity index (χ0) is 15.5. The molecule has 1 aromatic carbocycles. The van der Waals surface area contributed by atoms with Crippen LogP contribution in [0.1, 0.15) is 6.42 Å². The van der Waals surface area contributed by atoms with E-state index in [0.717, 1.165) is 5.69 Å². The van der Waals surface area contributed by atoms with Crippen LogP contribution >= 0.6 is 0 Å². The van der Waals surface area contributed by atoms with E-state index in [-0.39, 0.29) is 6.42 Å². The fourth-order valence-electron chi connectivity index (χ4n) is 2.43. The molecule has 0 radical (unpaired) electrons. The molecule has 3 N–H and O–H groups in total. The molecular weight excluding hydrogens is 276 g/mol. The van der Waals surface area contributed by atoms with Crippen LogP contribution in [0.3, 0.4) is 0 Å². The Morgan fingerprint density at radius 3 is 2.14 bits per heavy atom. The molecule has 0 aromatic heterocycles. The van der Waals surface area contributed by atoms with Gasteiger partial charge in [0.25, 0.3) is 0 Å². The van der Waals surface area contributed by atoms with Crippen molar-refractivity contribution in [3.05, 3.63) is 12.1 Å². The van der Waals surface area contributed by atoms with Gasteiger partial charge >= 0.3 is 5.97 Å². The van der Waals surface area contributed by atoms with Gasteiger partial charge in [-0.2, -0.15) is 0 Å².